The Balaban J connectivity index is 3.47. The Morgan fingerprint density at radius 3 is 2.24 bits per heavy atom. The van der Waals surface area contributed by atoms with Crippen molar-refractivity contribution < 1.29 is 49.5 Å². The molecule has 0 unspecified atom stereocenters. The molecule has 0 atom stereocenters. The van der Waals surface area contributed by atoms with Gasteiger partial charge in [0.2, 0.25) is 0 Å². The smallest absolute Gasteiger partial charge is 0.496 e. The molecule has 0 bridgehead atoms. The summed E-state index contributed by atoms with van der Waals surface area (Å²) >= 11 is 0. The molecule has 0 aliphatic rings. The number of esters is 1. The highest BCUT2D eigenvalue weighted by atomic mass is 32.2. The van der Waals surface area contributed by atoms with E-state index in [1.54, 1.807) is 6.92 Å². The maximum absolute atomic E-state index is 12.6. The fourth-order valence-electron chi connectivity index (χ4n) is 1.52. The van der Waals surface area contributed by atoms with Crippen LogP contribution in [0.2, 0.25) is 0 Å². The van der Waals surface area contributed by atoms with Crippen LogP contribution in [0.4, 0.5) is 13.2 Å². The van der Waals surface area contributed by atoms with Crippen LogP contribution < -0.4 is 13.7 Å². The van der Waals surface area contributed by atoms with E-state index in [2.05, 4.69) is 8.92 Å². The maximum atomic E-state index is 12.6. The lowest BCUT2D eigenvalue weighted by Gasteiger charge is -2.16. The van der Waals surface area contributed by atoms with E-state index in [9.17, 15) is 26.4 Å². The van der Waals surface area contributed by atoms with Gasteiger partial charge in [-0.05, 0) is 6.92 Å². The van der Waals surface area contributed by atoms with Gasteiger partial charge in [-0.15, -0.1) is 0 Å². The standard InChI is InChI=1S/C13H15F3O8S/c1-4-22-7-23-9-5-8(20-2)6-10(11(9)12(17)21-3)24-25(18,19)13(14,15)16/h5-6H,4,7H2,1-3H3. The molecule has 0 saturated heterocycles. The third kappa shape index (κ3) is 5.13. The van der Waals surface area contributed by atoms with Crippen molar-refractivity contribution in [3.05, 3.63) is 17.7 Å². The van der Waals surface area contributed by atoms with E-state index in [-0.39, 0.29) is 24.9 Å². The maximum Gasteiger partial charge on any atom is 0.534 e. The van der Waals surface area contributed by atoms with Crippen LogP contribution in [0.5, 0.6) is 17.2 Å². The van der Waals surface area contributed by atoms with Crippen LogP contribution in [-0.2, 0) is 19.6 Å². The molecule has 0 aliphatic carbocycles. The molecule has 0 saturated carbocycles. The lowest BCUT2D eigenvalue weighted by Crippen LogP contribution is -2.28. The zero-order valence-electron chi connectivity index (χ0n) is 13.4. The molecule has 0 N–H and O–H groups in total. The van der Waals surface area contributed by atoms with E-state index >= 15 is 0 Å². The van der Waals surface area contributed by atoms with E-state index in [1.165, 1.54) is 7.11 Å². The molecule has 0 amide bonds. The number of hydrogen-bond acceptors (Lipinski definition) is 8. The number of benzene rings is 1. The SMILES string of the molecule is CCOCOc1cc(OC)cc(OS(=O)(=O)C(F)(F)F)c1C(=O)OC. The van der Waals surface area contributed by atoms with E-state index in [0.717, 1.165) is 19.2 Å². The minimum atomic E-state index is -6.03. The van der Waals surface area contributed by atoms with Gasteiger partial charge in [-0.2, -0.15) is 21.6 Å². The van der Waals surface area contributed by atoms with Crippen LogP contribution in [0, 0.1) is 0 Å². The largest absolute Gasteiger partial charge is 0.534 e. The van der Waals surface area contributed by atoms with Crippen molar-refractivity contribution in [3.8, 4) is 17.2 Å². The van der Waals surface area contributed by atoms with Gasteiger partial charge < -0.3 is 23.1 Å². The third-order valence-electron chi connectivity index (χ3n) is 2.65. The van der Waals surface area contributed by atoms with E-state index in [1.807, 2.05) is 0 Å². The zero-order chi connectivity index (χ0) is 19.3. The number of alkyl halides is 3. The second-order valence-corrected chi connectivity index (χ2v) is 5.77. The summed E-state index contributed by atoms with van der Waals surface area (Å²) in [7, 11) is -3.92. The van der Waals surface area contributed by atoms with Gasteiger partial charge in [0.25, 0.3) is 0 Å². The Hall–Kier alpha value is -2.21. The van der Waals surface area contributed by atoms with Crippen LogP contribution in [0.15, 0.2) is 12.1 Å². The third-order valence-corrected chi connectivity index (χ3v) is 3.62. The first-order valence-corrected chi connectivity index (χ1v) is 7.99. The van der Waals surface area contributed by atoms with Crippen LogP contribution in [0.1, 0.15) is 17.3 Å². The summed E-state index contributed by atoms with van der Waals surface area (Å²) in [6, 6.07) is 1.92. The zero-order valence-corrected chi connectivity index (χ0v) is 14.2. The molecule has 8 nitrogen and oxygen atoms in total. The lowest BCUT2D eigenvalue weighted by molar-refractivity contribution is -0.0500. The number of rotatable bonds is 8. The van der Waals surface area contributed by atoms with Crippen molar-refractivity contribution >= 4 is 16.1 Å². The first-order valence-electron chi connectivity index (χ1n) is 6.59. The fraction of sp³-hybridized carbons (Fsp3) is 0.462. The highest BCUT2D eigenvalue weighted by Gasteiger charge is 2.49. The lowest BCUT2D eigenvalue weighted by atomic mass is 10.1. The van der Waals surface area contributed by atoms with Gasteiger partial charge in [0.15, 0.2) is 12.5 Å². The predicted octanol–water partition coefficient (Wildman–Crippen LogP) is 2.08. The van der Waals surface area contributed by atoms with Crippen molar-refractivity contribution in [2.45, 2.75) is 12.4 Å². The minimum Gasteiger partial charge on any atom is -0.496 e. The summed E-state index contributed by atoms with van der Waals surface area (Å²) in [5.41, 5.74) is -6.37. The molecule has 0 aliphatic heterocycles. The molecule has 1 aromatic carbocycles. The van der Waals surface area contributed by atoms with Gasteiger partial charge >= 0.3 is 21.6 Å². The van der Waals surface area contributed by atoms with Gasteiger partial charge in [0, 0.05) is 18.7 Å². The minimum absolute atomic E-state index is 0.119. The first kappa shape index (κ1) is 20.8. The topological polar surface area (TPSA) is 97.4 Å². The molecule has 0 aromatic heterocycles. The van der Waals surface area contributed by atoms with Crippen molar-refractivity contribution in [1.82, 2.24) is 0 Å². The molecule has 142 valence electrons. The quantitative estimate of drug-likeness (QED) is 0.220. The molecule has 1 aromatic rings. The molecular weight excluding hydrogens is 373 g/mol. The Labute approximate surface area is 141 Å². The summed E-state index contributed by atoms with van der Waals surface area (Å²) in [4.78, 5) is 11.9. The summed E-state index contributed by atoms with van der Waals surface area (Å²) in [5.74, 6) is -2.60. The number of carbonyl (C=O) groups excluding carboxylic acids is 1. The molecule has 25 heavy (non-hydrogen) atoms. The van der Waals surface area contributed by atoms with Crippen LogP contribution in [0.3, 0.4) is 0 Å². The predicted molar refractivity (Wildman–Crippen MR) is 77.1 cm³/mol. The molecular formula is C13H15F3O8S. The van der Waals surface area contributed by atoms with Gasteiger partial charge in [-0.1, -0.05) is 0 Å². The summed E-state index contributed by atoms with van der Waals surface area (Å²) in [5, 5.41) is 0. The number of carbonyl (C=O) groups is 1. The molecule has 0 heterocycles. The second kappa shape index (κ2) is 8.25. The molecule has 0 radical (unpaired) electrons. The van der Waals surface area contributed by atoms with Gasteiger partial charge in [0.1, 0.15) is 17.1 Å². The monoisotopic (exact) mass is 388 g/mol. The number of methoxy groups -OCH3 is 2. The summed E-state index contributed by atoms with van der Waals surface area (Å²) in [6.07, 6.45) is 0. The number of halogens is 3. The van der Waals surface area contributed by atoms with Crippen molar-refractivity contribution in [1.29, 1.82) is 0 Å². The highest BCUT2D eigenvalue weighted by Crippen LogP contribution is 2.37. The van der Waals surface area contributed by atoms with Crippen LogP contribution in [0.25, 0.3) is 0 Å². The average Bonchev–Trinajstić information content (AvgIpc) is 2.52. The molecule has 1 rings (SSSR count). The number of ether oxygens (including phenoxy) is 4. The number of hydrogen-bond donors (Lipinski definition) is 0. The highest BCUT2D eigenvalue weighted by molar-refractivity contribution is 7.88. The summed E-state index contributed by atoms with van der Waals surface area (Å²) < 4.78 is 83.5. The van der Waals surface area contributed by atoms with Crippen molar-refractivity contribution in [2.24, 2.45) is 0 Å². The molecule has 12 heteroatoms. The van der Waals surface area contributed by atoms with Crippen molar-refractivity contribution in [3.63, 3.8) is 0 Å². The van der Waals surface area contributed by atoms with E-state index < -0.39 is 32.9 Å². The average molecular weight is 388 g/mol. The van der Waals surface area contributed by atoms with Crippen LogP contribution >= 0.6 is 0 Å². The van der Waals surface area contributed by atoms with Crippen LogP contribution in [-0.4, -0.2) is 47.5 Å². The van der Waals surface area contributed by atoms with Crippen molar-refractivity contribution in [2.75, 3.05) is 27.6 Å². The first-order chi connectivity index (χ1) is 11.6. The van der Waals surface area contributed by atoms with Gasteiger partial charge in [-0.3, -0.25) is 0 Å². The van der Waals surface area contributed by atoms with E-state index in [4.69, 9.17) is 14.2 Å². The normalized spacial score (nSPS) is 11.8. The Bertz CT molecular complexity index is 715. The van der Waals surface area contributed by atoms with E-state index in [0.29, 0.717) is 0 Å². The molecule has 0 spiro atoms. The fourth-order valence-corrected chi connectivity index (χ4v) is 1.98. The molecule has 0 fully saturated rings. The Morgan fingerprint density at radius 1 is 1.16 bits per heavy atom. The Morgan fingerprint density at radius 2 is 1.76 bits per heavy atom. The summed E-state index contributed by atoms with van der Waals surface area (Å²) in [6.45, 7) is 1.54. The Kier molecular flexibility index (Phi) is 6.87. The van der Waals surface area contributed by atoms with Gasteiger partial charge in [0.05, 0.1) is 14.2 Å². The van der Waals surface area contributed by atoms with Gasteiger partial charge in [-0.25, -0.2) is 4.79 Å². The second-order valence-electron chi connectivity index (χ2n) is 4.23.